The molecule has 0 spiro atoms. The number of aromatic nitrogens is 2. The fourth-order valence-corrected chi connectivity index (χ4v) is 12.4. The number of imide groups is 1. The predicted octanol–water partition coefficient (Wildman–Crippen LogP) is 6.89. The average molecular weight is 984 g/mol. The highest BCUT2D eigenvalue weighted by atomic mass is 35.5. The van der Waals surface area contributed by atoms with Crippen LogP contribution in [-0.2, 0) is 48.4 Å². The molecule has 2 aliphatic heterocycles. The van der Waals surface area contributed by atoms with Crippen LogP contribution in [0.1, 0.15) is 66.4 Å². The maximum Gasteiger partial charge on any atom is 0.349 e. The van der Waals surface area contributed by atoms with E-state index in [9.17, 15) is 42.3 Å². The fourth-order valence-electron chi connectivity index (χ4n) is 9.04. The molecule has 2 atom stereocenters. The molecule has 6 aromatic rings. The standard InChI is InChI=1S/C48H47ClN6O11S2/c1-48(2)24-34(50-33-12-6-10-31(22-33)43-41(49)42(66-25-40(58)59)44(67-43)46(61)62)17-18-54(48)68(64,65)26-28-8-5-11-32(20-28)51-39(57)21-27-7-4-9-29(19-27)30-13-14-35-37(23-30)53(3)47(63)55(35)36-15-16-38(56)52-45(36)60/h4-14,19-20,22-23,34,36,50H,15-18,21,24-26H2,1-3H3,(H,51,57)(H,58,59)(H,61,62)(H,52,56,60)/t34-,36?/m0/s1. The number of nitrogens with zero attached hydrogens (tertiary/aromatic N) is 3. The number of anilines is 2. The molecule has 0 bridgehead atoms. The summed E-state index contributed by atoms with van der Waals surface area (Å²) in [7, 11) is -2.20. The van der Waals surface area contributed by atoms with Gasteiger partial charge in [0.1, 0.15) is 11.1 Å². The molecule has 0 aliphatic carbocycles. The van der Waals surface area contributed by atoms with Crippen molar-refractivity contribution in [1.29, 1.82) is 0 Å². The highest BCUT2D eigenvalue weighted by Gasteiger charge is 2.41. The van der Waals surface area contributed by atoms with E-state index < -0.39 is 46.1 Å². The second kappa shape index (κ2) is 19.1. The molecular formula is C48H47ClN6O11S2. The lowest BCUT2D eigenvalue weighted by Gasteiger charge is -2.45. The molecule has 20 heteroatoms. The van der Waals surface area contributed by atoms with Crippen LogP contribution in [-0.4, -0.2) is 86.5 Å². The Kier molecular flexibility index (Phi) is 13.4. The first-order valence-electron chi connectivity index (χ1n) is 21.6. The van der Waals surface area contributed by atoms with Gasteiger partial charge in [-0.05, 0) is 97.3 Å². The Balaban J connectivity index is 0.890. The van der Waals surface area contributed by atoms with Crippen molar-refractivity contribution < 1.29 is 47.3 Å². The summed E-state index contributed by atoms with van der Waals surface area (Å²) in [6.45, 7) is 3.23. The topological polar surface area (TPSA) is 235 Å². The van der Waals surface area contributed by atoms with Gasteiger partial charge in [-0.3, -0.25) is 28.8 Å². The number of carbonyl (C=O) groups excluding carboxylic acids is 3. The van der Waals surface area contributed by atoms with Crippen molar-refractivity contribution in [2.24, 2.45) is 7.05 Å². The molecule has 2 aromatic heterocycles. The van der Waals surface area contributed by atoms with E-state index in [1.165, 1.54) is 13.4 Å². The van der Waals surface area contributed by atoms with Gasteiger partial charge in [-0.1, -0.05) is 66.2 Å². The summed E-state index contributed by atoms with van der Waals surface area (Å²) in [5.41, 5.74) is 4.59. The van der Waals surface area contributed by atoms with E-state index in [4.69, 9.17) is 21.4 Å². The van der Waals surface area contributed by atoms with Gasteiger partial charge in [0.05, 0.1) is 28.1 Å². The summed E-state index contributed by atoms with van der Waals surface area (Å²) >= 11 is 7.39. The minimum absolute atomic E-state index is 0.00753. The first kappa shape index (κ1) is 47.7. The SMILES string of the molecule is Cn1c(=O)n(C2CCC(=O)NC2=O)c2ccc(-c3cccc(CC(=O)Nc4cccc(CS(=O)(=O)N5CC[C@H](Nc6cccc(-c7sc(C(=O)O)c(OCC(=O)O)c7Cl)c6)CC5(C)C)c4)c3)cc21. The van der Waals surface area contributed by atoms with E-state index in [1.54, 1.807) is 55.6 Å². The largest absolute Gasteiger partial charge is 0.479 e. The molecule has 4 aromatic carbocycles. The van der Waals surface area contributed by atoms with Crippen LogP contribution in [0.4, 0.5) is 11.4 Å². The van der Waals surface area contributed by atoms with Crippen LogP contribution in [0, 0.1) is 0 Å². The van der Waals surface area contributed by atoms with Crippen LogP contribution in [0.3, 0.4) is 0 Å². The number of rotatable bonds is 15. The maximum absolute atomic E-state index is 14.0. The smallest absolute Gasteiger partial charge is 0.349 e. The molecular weight excluding hydrogens is 936 g/mol. The van der Waals surface area contributed by atoms with Gasteiger partial charge < -0.3 is 25.6 Å². The van der Waals surface area contributed by atoms with Gasteiger partial charge in [-0.2, -0.15) is 4.31 Å². The van der Waals surface area contributed by atoms with Crippen molar-refractivity contribution in [3.63, 3.8) is 0 Å². The second-order valence-electron chi connectivity index (χ2n) is 17.5. The molecule has 5 N–H and O–H groups in total. The molecule has 17 nitrogen and oxygen atoms in total. The second-order valence-corrected chi connectivity index (χ2v) is 20.7. The van der Waals surface area contributed by atoms with Crippen molar-refractivity contribution in [3.8, 4) is 27.3 Å². The minimum Gasteiger partial charge on any atom is -0.479 e. The number of aryl methyl sites for hydroxylation is 1. The van der Waals surface area contributed by atoms with Crippen LogP contribution in [0.5, 0.6) is 5.75 Å². The number of sulfonamides is 1. The molecule has 8 rings (SSSR count). The zero-order valence-electron chi connectivity index (χ0n) is 37.1. The van der Waals surface area contributed by atoms with Gasteiger partial charge in [-0.15, -0.1) is 11.3 Å². The lowest BCUT2D eigenvalue weighted by atomic mass is 9.89. The van der Waals surface area contributed by atoms with E-state index >= 15 is 0 Å². The number of imidazole rings is 1. The van der Waals surface area contributed by atoms with Gasteiger partial charge in [0.15, 0.2) is 17.2 Å². The number of carboxylic acids is 2. The van der Waals surface area contributed by atoms with Crippen molar-refractivity contribution in [2.45, 2.75) is 69.3 Å². The fraction of sp³-hybridized carbons (Fsp3) is 0.292. The molecule has 2 aliphatic rings. The first-order valence-corrected chi connectivity index (χ1v) is 24.4. The van der Waals surface area contributed by atoms with Crippen molar-refractivity contribution >= 4 is 85.0 Å². The Morgan fingerprint density at radius 1 is 0.882 bits per heavy atom. The molecule has 1 unspecified atom stereocenters. The van der Waals surface area contributed by atoms with E-state index in [2.05, 4.69) is 16.0 Å². The number of nitrogens with one attached hydrogen (secondary N) is 3. The summed E-state index contributed by atoms with van der Waals surface area (Å²) in [6, 6.07) is 25.9. The summed E-state index contributed by atoms with van der Waals surface area (Å²) in [5.74, 6) is -4.25. The zero-order valence-corrected chi connectivity index (χ0v) is 39.5. The highest BCUT2D eigenvalue weighted by Crippen LogP contribution is 2.46. The third-order valence-corrected chi connectivity index (χ3v) is 15.8. The number of hydrogen-bond donors (Lipinski definition) is 5. The molecule has 354 valence electrons. The monoisotopic (exact) mass is 982 g/mol. The Morgan fingerprint density at radius 3 is 2.32 bits per heavy atom. The number of fused-ring (bicyclic) bond motifs is 1. The lowest BCUT2D eigenvalue weighted by Crippen LogP contribution is -2.55. The van der Waals surface area contributed by atoms with Crippen molar-refractivity contribution in [2.75, 3.05) is 23.8 Å². The number of aromatic carboxylic acids is 1. The maximum atomic E-state index is 14.0. The van der Waals surface area contributed by atoms with Crippen LogP contribution in [0.2, 0.25) is 5.02 Å². The minimum atomic E-state index is -3.83. The Hall–Kier alpha value is -6.80. The number of halogens is 1. The molecule has 2 saturated heterocycles. The van der Waals surface area contributed by atoms with Crippen LogP contribution >= 0.6 is 22.9 Å². The first-order chi connectivity index (χ1) is 32.3. The van der Waals surface area contributed by atoms with Gasteiger partial charge >= 0.3 is 17.6 Å². The van der Waals surface area contributed by atoms with Crippen molar-refractivity contribution in [1.82, 2.24) is 18.8 Å². The van der Waals surface area contributed by atoms with Gasteiger partial charge in [0.25, 0.3) is 0 Å². The zero-order chi connectivity index (χ0) is 48.7. The quantitative estimate of drug-likeness (QED) is 0.0662. The number of piperidine rings is 2. The van der Waals surface area contributed by atoms with E-state index in [1.807, 2.05) is 56.3 Å². The number of thiophene rings is 1. The summed E-state index contributed by atoms with van der Waals surface area (Å²) in [4.78, 5) is 74.2. The van der Waals surface area contributed by atoms with E-state index in [-0.39, 0.29) is 70.8 Å². The number of ether oxygens (including phenoxy) is 1. The van der Waals surface area contributed by atoms with Crippen LogP contribution < -0.4 is 26.4 Å². The number of benzene rings is 4. The Morgan fingerprint density at radius 2 is 1.59 bits per heavy atom. The van der Waals surface area contributed by atoms with Gasteiger partial charge in [0, 0.05) is 43.0 Å². The molecule has 0 saturated carbocycles. The molecule has 3 amide bonds. The number of carbonyl (C=O) groups is 5. The molecule has 2 fully saturated rings. The van der Waals surface area contributed by atoms with Gasteiger partial charge in [0.2, 0.25) is 27.7 Å². The highest BCUT2D eigenvalue weighted by molar-refractivity contribution is 7.88. The summed E-state index contributed by atoms with van der Waals surface area (Å²) < 4.78 is 37.7. The van der Waals surface area contributed by atoms with Crippen LogP contribution in [0.15, 0.2) is 95.8 Å². The van der Waals surface area contributed by atoms with Crippen LogP contribution in [0.25, 0.3) is 32.6 Å². The molecule has 0 radical (unpaired) electrons. The lowest BCUT2D eigenvalue weighted by molar-refractivity contribution is -0.139. The van der Waals surface area contributed by atoms with E-state index in [0.29, 0.717) is 51.3 Å². The third kappa shape index (κ3) is 10.1. The number of hydrogen-bond acceptors (Lipinski definition) is 11. The Labute approximate surface area is 399 Å². The third-order valence-electron chi connectivity index (χ3n) is 12.1. The number of aliphatic carboxylic acids is 1. The summed E-state index contributed by atoms with van der Waals surface area (Å²) in [6.07, 6.45) is 1.36. The number of carboxylic acid groups (broad SMARTS) is 2. The molecule has 68 heavy (non-hydrogen) atoms. The predicted molar refractivity (Wildman–Crippen MR) is 258 cm³/mol. The Bertz CT molecular complexity index is 3200. The van der Waals surface area contributed by atoms with Gasteiger partial charge in [-0.25, -0.2) is 22.8 Å². The normalized spacial score (nSPS) is 17.4. The average Bonchev–Trinajstić information content (AvgIpc) is 3.73. The van der Waals surface area contributed by atoms with E-state index in [0.717, 1.165) is 28.0 Å². The number of amides is 3. The molecule has 4 heterocycles. The van der Waals surface area contributed by atoms with Crippen molar-refractivity contribution in [3.05, 3.63) is 123 Å². The summed E-state index contributed by atoms with van der Waals surface area (Å²) in [5, 5.41) is 27.5.